The van der Waals surface area contributed by atoms with E-state index in [-0.39, 0.29) is 5.38 Å². The summed E-state index contributed by atoms with van der Waals surface area (Å²) in [6.07, 6.45) is 0. The Labute approximate surface area is 119 Å². The molecule has 0 aliphatic carbocycles. The van der Waals surface area contributed by atoms with Crippen LogP contribution < -0.4 is 9.47 Å². The van der Waals surface area contributed by atoms with Gasteiger partial charge in [-0.15, -0.1) is 11.6 Å². The highest BCUT2D eigenvalue weighted by atomic mass is 35.5. The van der Waals surface area contributed by atoms with Gasteiger partial charge >= 0.3 is 0 Å². The zero-order valence-electron chi connectivity index (χ0n) is 11.3. The predicted molar refractivity (Wildman–Crippen MR) is 77.2 cm³/mol. The second-order valence-electron chi connectivity index (χ2n) is 4.33. The summed E-state index contributed by atoms with van der Waals surface area (Å²) in [6, 6.07) is 3.66. The minimum Gasteiger partial charge on any atom is -0.490 e. The van der Waals surface area contributed by atoms with Crippen LogP contribution >= 0.6 is 23.2 Å². The van der Waals surface area contributed by atoms with Gasteiger partial charge in [0.15, 0.2) is 11.5 Å². The van der Waals surface area contributed by atoms with Gasteiger partial charge in [-0.3, -0.25) is 0 Å². The first-order valence-corrected chi connectivity index (χ1v) is 7.05. The number of benzene rings is 1. The smallest absolute Gasteiger partial charge is 0.162 e. The quantitative estimate of drug-likeness (QED) is 0.681. The second-order valence-corrected chi connectivity index (χ2v) is 5.21. The fourth-order valence-corrected chi connectivity index (χ4v) is 2.17. The summed E-state index contributed by atoms with van der Waals surface area (Å²) in [5, 5.41) is 0.489. The lowest BCUT2D eigenvalue weighted by molar-refractivity contribution is 0.287. The second kappa shape index (κ2) is 7.10. The van der Waals surface area contributed by atoms with Crippen LogP contribution in [0.2, 0.25) is 5.02 Å². The first kappa shape index (κ1) is 15.5. The molecule has 0 radical (unpaired) electrons. The van der Waals surface area contributed by atoms with Crippen LogP contribution in [0.1, 0.15) is 38.6 Å². The third-order valence-corrected chi connectivity index (χ3v) is 3.61. The van der Waals surface area contributed by atoms with E-state index in [1.54, 1.807) is 6.07 Å². The molecule has 18 heavy (non-hydrogen) atoms. The maximum Gasteiger partial charge on any atom is 0.162 e. The van der Waals surface area contributed by atoms with Crippen LogP contribution in [0.15, 0.2) is 12.1 Å². The molecule has 0 aromatic heterocycles. The van der Waals surface area contributed by atoms with Crippen LogP contribution in [0.25, 0.3) is 0 Å². The van der Waals surface area contributed by atoms with Crippen molar-refractivity contribution >= 4 is 23.2 Å². The van der Waals surface area contributed by atoms with E-state index >= 15 is 0 Å². The number of hydrogen-bond acceptors (Lipinski definition) is 2. The average molecular weight is 291 g/mol. The van der Waals surface area contributed by atoms with E-state index in [2.05, 4.69) is 13.8 Å². The summed E-state index contributed by atoms with van der Waals surface area (Å²) in [4.78, 5) is 0. The summed E-state index contributed by atoms with van der Waals surface area (Å²) >= 11 is 12.6. The highest BCUT2D eigenvalue weighted by Crippen LogP contribution is 2.40. The zero-order valence-corrected chi connectivity index (χ0v) is 12.8. The molecule has 1 aromatic carbocycles. The molecule has 0 heterocycles. The minimum atomic E-state index is -0.132. The lowest BCUT2D eigenvalue weighted by Crippen LogP contribution is -2.04. The van der Waals surface area contributed by atoms with Crippen LogP contribution in [0.3, 0.4) is 0 Å². The van der Waals surface area contributed by atoms with Crippen molar-refractivity contribution in [2.45, 2.75) is 33.1 Å². The van der Waals surface area contributed by atoms with Gasteiger partial charge in [-0.05, 0) is 31.4 Å². The highest BCUT2D eigenvalue weighted by Gasteiger charge is 2.19. The lowest BCUT2D eigenvalue weighted by Gasteiger charge is -2.19. The summed E-state index contributed by atoms with van der Waals surface area (Å²) in [5.41, 5.74) is 0.889. The topological polar surface area (TPSA) is 18.5 Å². The number of hydrogen-bond donors (Lipinski definition) is 0. The Kier molecular flexibility index (Phi) is 6.10. The molecular formula is C14H20Cl2O2. The van der Waals surface area contributed by atoms with E-state index in [1.165, 1.54) is 0 Å². The maximum atomic E-state index is 6.37. The van der Waals surface area contributed by atoms with Gasteiger partial charge < -0.3 is 9.47 Å². The molecule has 0 amide bonds. The van der Waals surface area contributed by atoms with Crippen molar-refractivity contribution in [1.82, 2.24) is 0 Å². The van der Waals surface area contributed by atoms with Gasteiger partial charge in [-0.2, -0.15) is 0 Å². The molecule has 0 N–H and O–H groups in total. The summed E-state index contributed by atoms with van der Waals surface area (Å²) in [5.74, 6) is 1.67. The van der Waals surface area contributed by atoms with Gasteiger partial charge in [0.05, 0.1) is 18.6 Å². The Balaban J connectivity index is 3.17. The third-order valence-electron chi connectivity index (χ3n) is 2.55. The molecule has 0 saturated heterocycles. The average Bonchev–Trinajstić information content (AvgIpc) is 2.32. The van der Waals surface area contributed by atoms with Crippen LogP contribution in [-0.2, 0) is 0 Å². The molecule has 1 rings (SSSR count). The summed E-state index contributed by atoms with van der Waals surface area (Å²) < 4.78 is 11.1. The van der Waals surface area contributed by atoms with E-state index < -0.39 is 0 Å². The largest absolute Gasteiger partial charge is 0.490 e. The molecule has 1 aromatic rings. The van der Waals surface area contributed by atoms with Gasteiger partial charge in [0, 0.05) is 11.1 Å². The molecular weight excluding hydrogens is 271 g/mol. The van der Waals surface area contributed by atoms with Crippen molar-refractivity contribution in [3.63, 3.8) is 0 Å². The van der Waals surface area contributed by atoms with Crippen LogP contribution in [0.5, 0.6) is 11.5 Å². The molecule has 0 spiro atoms. The molecule has 0 aliphatic rings. The molecule has 0 bridgehead atoms. The van der Waals surface area contributed by atoms with Crippen molar-refractivity contribution in [2.75, 3.05) is 13.2 Å². The van der Waals surface area contributed by atoms with E-state index in [0.717, 1.165) is 5.56 Å². The summed E-state index contributed by atoms with van der Waals surface area (Å²) in [7, 11) is 0. The van der Waals surface area contributed by atoms with E-state index in [1.807, 2.05) is 19.9 Å². The maximum absolute atomic E-state index is 6.37. The fraction of sp³-hybridized carbons (Fsp3) is 0.571. The van der Waals surface area contributed by atoms with Crippen LogP contribution in [0.4, 0.5) is 0 Å². The molecule has 0 aliphatic heterocycles. The Hall–Kier alpha value is -0.600. The number of ether oxygens (including phenoxy) is 2. The Bertz CT molecular complexity index is 392. The fourth-order valence-electron chi connectivity index (χ4n) is 1.66. The molecule has 102 valence electrons. The minimum absolute atomic E-state index is 0.132. The summed E-state index contributed by atoms with van der Waals surface area (Å²) in [6.45, 7) is 9.14. The molecule has 0 saturated carbocycles. The molecule has 1 atom stereocenters. The molecule has 1 unspecified atom stereocenters. The standard InChI is InChI=1S/C14H20Cl2O2/c1-5-17-12-7-10(14(16)9(3)4)11(15)8-13(12)18-6-2/h7-9,14H,5-6H2,1-4H3. The number of halogens is 2. The van der Waals surface area contributed by atoms with Crippen molar-refractivity contribution in [3.05, 3.63) is 22.7 Å². The SMILES string of the molecule is CCOc1cc(Cl)c(C(Cl)C(C)C)cc1OCC. The van der Waals surface area contributed by atoms with Crippen molar-refractivity contribution in [1.29, 1.82) is 0 Å². The third kappa shape index (κ3) is 3.69. The lowest BCUT2D eigenvalue weighted by atomic mass is 10.0. The Morgan fingerprint density at radius 3 is 2.00 bits per heavy atom. The van der Waals surface area contributed by atoms with Gasteiger partial charge in [0.1, 0.15) is 0 Å². The molecule has 2 nitrogen and oxygen atoms in total. The Morgan fingerprint density at radius 1 is 1.06 bits per heavy atom. The van der Waals surface area contributed by atoms with Gasteiger partial charge in [0.2, 0.25) is 0 Å². The van der Waals surface area contributed by atoms with Crippen molar-refractivity contribution in [2.24, 2.45) is 5.92 Å². The van der Waals surface area contributed by atoms with Gasteiger partial charge in [-0.1, -0.05) is 25.4 Å². The predicted octanol–water partition coefficient (Wildman–Crippen LogP) is 5.07. The highest BCUT2D eigenvalue weighted by molar-refractivity contribution is 6.33. The molecule has 0 fully saturated rings. The normalized spacial score (nSPS) is 12.6. The van der Waals surface area contributed by atoms with E-state index in [0.29, 0.717) is 35.7 Å². The Morgan fingerprint density at radius 2 is 1.56 bits per heavy atom. The van der Waals surface area contributed by atoms with Gasteiger partial charge in [0.25, 0.3) is 0 Å². The van der Waals surface area contributed by atoms with Gasteiger partial charge in [-0.25, -0.2) is 0 Å². The first-order chi connectivity index (χ1) is 8.51. The van der Waals surface area contributed by atoms with Crippen LogP contribution in [0, 0.1) is 5.92 Å². The zero-order chi connectivity index (χ0) is 13.7. The monoisotopic (exact) mass is 290 g/mol. The van der Waals surface area contributed by atoms with Crippen LogP contribution in [-0.4, -0.2) is 13.2 Å². The van der Waals surface area contributed by atoms with E-state index in [9.17, 15) is 0 Å². The van der Waals surface area contributed by atoms with Crippen molar-refractivity contribution < 1.29 is 9.47 Å². The first-order valence-electron chi connectivity index (χ1n) is 6.24. The van der Waals surface area contributed by atoms with Crippen molar-refractivity contribution in [3.8, 4) is 11.5 Å². The number of alkyl halides is 1. The van der Waals surface area contributed by atoms with E-state index in [4.69, 9.17) is 32.7 Å². The number of rotatable bonds is 6. The molecule has 4 heteroatoms.